The highest BCUT2D eigenvalue weighted by Crippen LogP contribution is 2.44. The van der Waals surface area contributed by atoms with Crippen molar-refractivity contribution in [1.29, 1.82) is 0 Å². The second-order valence-corrected chi connectivity index (χ2v) is 14.4. The van der Waals surface area contributed by atoms with Crippen molar-refractivity contribution in [1.82, 2.24) is 20.0 Å². The van der Waals surface area contributed by atoms with E-state index in [2.05, 4.69) is 36.2 Å². The summed E-state index contributed by atoms with van der Waals surface area (Å²) in [6.07, 6.45) is 6.03. The van der Waals surface area contributed by atoms with Crippen molar-refractivity contribution in [3.05, 3.63) is 75.3 Å². The van der Waals surface area contributed by atoms with E-state index in [1.807, 2.05) is 23.1 Å². The summed E-state index contributed by atoms with van der Waals surface area (Å²) in [6.45, 7) is 7.32. The van der Waals surface area contributed by atoms with Crippen molar-refractivity contribution in [3.8, 4) is 0 Å². The van der Waals surface area contributed by atoms with E-state index in [4.69, 9.17) is 11.6 Å². The van der Waals surface area contributed by atoms with Gasteiger partial charge >= 0.3 is 0 Å². The van der Waals surface area contributed by atoms with E-state index in [0.717, 1.165) is 42.8 Å². The standard InChI is InChI=1S/C35H39ClN4O4/c1-35(2)14-13-23(29(16-35)21-3-6-25(36)7-4-21)17-39-26-8-9-27(39)20-38(19-26)33(43)22-5-10-28-24(15-22)18-40(34(28)44)30-11-12-31(41)37-32(30)42/h3-7,10,15,26-27,30H,8-9,11-14,16-20H2,1-2H3,(H,37,41,42). The fourth-order valence-corrected chi connectivity index (χ4v) is 8.11. The highest BCUT2D eigenvalue weighted by atomic mass is 35.5. The Kier molecular flexibility index (Phi) is 7.40. The van der Waals surface area contributed by atoms with Gasteiger partial charge in [0, 0.05) is 60.8 Å². The molecule has 3 fully saturated rings. The van der Waals surface area contributed by atoms with Crippen molar-refractivity contribution in [3.63, 3.8) is 0 Å². The minimum Gasteiger partial charge on any atom is -0.336 e. The van der Waals surface area contributed by atoms with Crippen LogP contribution >= 0.6 is 11.6 Å². The third kappa shape index (κ3) is 5.36. The highest BCUT2D eigenvalue weighted by molar-refractivity contribution is 6.30. The molecule has 4 amide bonds. The van der Waals surface area contributed by atoms with Gasteiger partial charge in [-0.2, -0.15) is 0 Å². The van der Waals surface area contributed by atoms with E-state index >= 15 is 0 Å². The van der Waals surface area contributed by atoms with Crippen LogP contribution in [-0.2, 0) is 16.1 Å². The van der Waals surface area contributed by atoms with Crippen LogP contribution in [0.2, 0.25) is 5.02 Å². The number of benzene rings is 2. The fourth-order valence-electron chi connectivity index (χ4n) is 7.99. The van der Waals surface area contributed by atoms with Crippen molar-refractivity contribution in [2.24, 2.45) is 5.41 Å². The number of carbonyl (C=O) groups excluding carboxylic acids is 4. The van der Waals surface area contributed by atoms with Gasteiger partial charge in [-0.25, -0.2) is 0 Å². The lowest BCUT2D eigenvalue weighted by Crippen LogP contribution is -2.55. The molecule has 4 heterocycles. The summed E-state index contributed by atoms with van der Waals surface area (Å²) in [5, 5.41) is 3.10. The van der Waals surface area contributed by atoms with Gasteiger partial charge in [-0.1, -0.05) is 43.2 Å². The fraction of sp³-hybridized carbons (Fsp3) is 0.486. The van der Waals surface area contributed by atoms with Crippen LogP contribution < -0.4 is 5.32 Å². The summed E-state index contributed by atoms with van der Waals surface area (Å²) < 4.78 is 0. The second kappa shape index (κ2) is 11.1. The van der Waals surface area contributed by atoms with Gasteiger partial charge in [0.05, 0.1) is 0 Å². The number of carbonyl (C=O) groups is 4. The zero-order chi connectivity index (χ0) is 30.7. The van der Waals surface area contributed by atoms with Crippen molar-refractivity contribution < 1.29 is 19.2 Å². The smallest absolute Gasteiger partial charge is 0.255 e. The molecule has 3 saturated heterocycles. The molecule has 9 heteroatoms. The summed E-state index contributed by atoms with van der Waals surface area (Å²) in [7, 11) is 0. The van der Waals surface area contributed by atoms with E-state index in [-0.39, 0.29) is 36.1 Å². The average Bonchev–Trinajstić information content (AvgIpc) is 3.43. The number of piperidine rings is 1. The Morgan fingerprint density at radius 3 is 2.41 bits per heavy atom. The molecule has 44 heavy (non-hydrogen) atoms. The van der Waals surface area contributed by atoms with Crippen LogP contribution in [0.1, 0.15) is 90.6 Å². The molecule has 8 nitrogen and oxygen atoms in total. The Balaban J connectivity index is 1.05. The van der Waals surface area contributed by atoms with Gasteiger partial charge in [-0.05, 0) is 91.0 Å². The summed E-state index contributed by atoms with van der Waals surface area (Å²) in [4.78, 5) is 57.1. The number of rotatable bonds is 5. The maximum absolute atomic E-state index is 13.8. The molecule has 5 aliphatic rings. The second-order valence-electron chi connectivity index (χ2n) is 14.0. The zero-order valence-corrected chi connectivity index (χ0v) is 26.2. The SMILES string of the molecule is CC1(C)CCC(CN2C3CCC2CN(C(=O)c2ccc4c(c2)CN(C2CCC(=O)NC2=O)C4=O)C3)=C(c2ccc(Cl)cc2)C1. The maximum atomic E-state index is 13.8. The molecule has 2 aromatic carbocycles. The third-order valence-electron chi connectivity index (χ3n) is 10.4. The first-order chi connectivity index (χ1) is 21.1. The van der Waals surface area contributed by atoms with Gasteiger partial charge in [0.1, 0.15) is 6.04 Å². The molecule has 230 valence electrons. The predicted molar refractivity (Wildman–Crippen MR) is 168 cm³/mol. The highest BCUT2D eigenvalue weighted by Gasteiger charge is 2.43. The van der Waals surface area contributed by atoms with Crippen molar-refractivity contribution >= 4 is 40.8 Å². The van der Waals surface area contributed by atoms with Crippen LogP contribution in [0.25, 0.3) is 5.57 Å². The first-order valence-electron chi connectivity index (χ1n) is 15.9. The monoisotopic (exact) mass is 614 g/mol. The molecule has 0 saturated carbocycles. The number of hydrogen-bond acceptors (Lipinski definition) is 5. The first kappa shape index (κ1) is 29.2. The number of nitrogens with zero attached hydrogens (tertiary/aromatic N) is 3. The normalized spacial score (nSPS) is 26.7. The van der Waals surface area contributed by atoms with Crippen LogP contribution in [0.5, 0.6) is 0 Å². The van der Waals surface area contributed by atoms with E-state index in [1.54, 1.807) is 12.1 Å². The molecule has 1 N–H and O–H groups in total. The van der Waals surface area contributed by atoms with Crippen LogP contribution in [0.4, 0.5) is 0 Å². The van der Waals surface area contributed by atoms with Gasteiger partial charge in [-0.3, -0.25) is 29.4 Å². The lowest BCUT2D eigenvalue weighted by Gasteiger charge is -2.43. The Bertz CT molecular complexity index is 1570. The molecule has 0 aromatic heterocycles. The number of piperazine rings is 1. The average molecular weight is 615 g/mol. The van der Waals surface area contributed by atoms with E-state index in [0.29, 0.717) is 42.7 Å². The summed E-state index contributed by atoms with van der Waals surface area (Å²) >= 11 is 6.21. The summed E-state index contributed by atoms with van der Waals surface area (Å²) in [5.41, 5.74) is 6.37. The quantitative estimate of drug-likeness (QED) is 0.476. The van der Waals surface area contributed by atoms with Crippen LogP contribution in [0.15, 0.2) is 48.0 Å². The third-order valence-corrected chi connectivity index (χ3v) is 10.7. The van der Waals surface area contributed by atoms with Crippen molar-refractivity contribution in [2.45, 2.75) is 83.5 Å². The minimum absolute atomic E-state index is 0.00302. The number of nitrogens with one attached hydrogen (secondary N) is 1. The number of allylic oxidation sites excluding steroid dienone is 1. The predicted octanol–water partition coefficient (Wildman–Crippen LogP) is 5.05. The molecular formula is C35H39ClN4O4. The summed E-state index contributed by atoms with van der Waals surface area (Å²) in [6, 6.07) is 13.5. The largest absolute Gasteiger partial charge is 0.336 e. The number of halogens is 1. The van der Waals surface area contributed by atoms with E-state index in [1.165, 1.54) is 28.0 Å². The minimum atomic E-state index is -0.666. The van der Waals surface area contributed by atoms with E-state index < -0.39 is 11.9 Å². The topological polar surface area (TPSA) is 90.0 Å². The molecule has 0 spiro atoms. The molecule has 7 rings (SSSR count). The van der Waals surface area contributed by atoms with Crippen LogP contribution in [0, 0.1) is 5.41 Å². The lowest BCUT2D eigenvalue weighted by molar-refractivity contribution is -0.136. The lowest BCUT2D eigenvalue weighted by atomic mass is 9.72. The van der Waals surface area contributed by atoms with Gasteiger partial charge < -0.3 is 9.80 Å². The molecule has 3 unspecified atom stereocenters. The zero-order valence-electron chi connectivity index (χ0n) is 25.4. The van der Waals surface area contributed by atoms with Crippen molar-refractivity contribution in [2.75, 3.05) is 19.6 Å². The Morgan fingerprint density at radius 2 is 1.70 bits per heavy atom. The number of hydrogen-bond donors (Lipinski definition) is 1. The molecule has 2 aromatic rings. The molecule has 2 bridgehead atoms. The summed E-state index contributed by atoms with van der Waals surface area (Å²) in [5.74, 6) is -0.964. The molecule has 1 aliphatic carbocycles. The van der Waals surface area contributed by atoms with Gasteiger partial charge in [-0.15, -0.1) is 0 Å². The van der Waals surface area contributed by atoms with Crippen LogP contribution in [-0.4, -0.2) is 76.1 Å². The van der Waals surface area contributed by atoms with Gasteiger partial charge in [0.2, 0.25) is 11.8 Å². The Labute approximate surface area is 263 Å². The molecule has 4 aliphatic heterocycles. The molecule has 0 radical (unpaired) electrons. The van der Waals surface area contributed by atoms with Gasteiger partial charge in [0.25, 0.3) is 11.8 Å². The number of likely N-dealkylation sites (tertiary alicyclic amines) is 1. The van der Waals surface area contributed by atoms with E-state index in [9.17, 15) is 19.2 Å². The first-order valence-corrected chi connectivity index (χ1v) is 16.2. The molecule has 3 atom stereocenters. The number of amides is 4. The molecular weight excluding hydrogens is 576 g/mol. The Hall–Kier alpha value is -3.49. The Morgan fingerprint density at radius 1 is 0.977 bits per heavy atom. The van der Waals surface area contributed by atoms with Crippen LogP contribution in [0.3, 0.4) is 0 Å². The maximum Gasteiger partial charge on any atom is 0.255 e. The van der Waals surface area contributed by atoms with Gasteiger partial charge in [0.15, 0.2) is 0 Å². The number of imide groups is 1. The number of fused-ring (bicyclic) bond motifs is 3.